The highest BCUT2D eigenvalue weighted by Gasteiger charge is 2.09. The van der Waals surface area contributed by atoms with Crippen LogP contribution in [0.5, 0.6) is 0 Å². The third-order valence-electron chi connectivity index (χ3n) is 2.97. The fourth-order valence-electron chi connectivity index (χ4n) is 1.99. The van der Waals surface area contributed by atoms with E-state index in [9.17, 15) is 0 Å². The first kappa shape index (κ1) is 12.4. The minimum Gasteiger partial charge on any atom is -0.277 e. The monoisotopic (exact) mass is 284 g/mol. The first-order valence-corrected chi connectivity index (χ1v) is 6.75. The number of nitrogens with zero attached hydrogens (tertiary/aromatic N) is 1. The summed E-state index contributed by atoms with van der Waals surface area (Å²) in [4.78, 5) is 1.90. The molecule has 1 aromatic heterocycles. The minimum absolute atomic E-state index is 0.948. The predicted molar refractivity (Wildman–Crippen MR) is 84.0 cm³/mol. The van der Waals surface area contributed by atoms with E-state index in [4.69, 9.17) is 0 Å². The zero-order valence-corrected chi connectivity index (χ0v) is 11.8. The topological polar surface area (TPSA) is 28.7 Å². The Bertz CT molecular complexity index is 625. The maximum Gasteiger partial charge on any atom is 0.0728 e. The van der Waals surface area contributed by atoms with Gasteiger partial charge in [-0.05, 0) is 29.8 Å². The molecule has 0 atom stereocenters. The Morgan fingerprint density at radius 1 is 0.737 bits per heavy atom. The van der Waals surface area contributed by atoms with Crippen LogP contribution < -0.4 is 0 Å². The van der Waals surface area contributed by atoms with Crippen LogP contribution in [-0.2, 0) is 0 Å². The summed E-state index contributed by atoms with van der Waals surface area (Å²) in [6.45, 7) is 0. The molecule has 2 aromatic carbocycles. The normalized spacial score (nSPS) is 10.6. The van der Waals surface area contributed by atoms with Gasteiger partial charge in [0.1, 0.15) is 0 Å². The van der Waals surface area contributed by atoms with Crippen LogP contribution in [0.25, 0.3) is 22.4 Å². The van der Waals surface area contributed by atoms with Gasteiger partial charge in [0.15, 0.2) is 0 Å². The largest absolute Gasteiger partial charge is 0.277 e. The molecule has 0 saturated carbocycles. The summed E-state index contributed by atoms with van der Waals surface area (Å²) in [5.74, 6) is 0. The van der Waals surface area contributed by atoms with E-state index in [2.05, 4.69) is 35.5 Å². The van der Waals surface area contributed by atoms with E-state index in [0.29, 0.717) is 0 Å². The second-order valence-electron chi connectivity index (χ2n) is 4.25. The second-order valence-corrected chi connectivity index (χ2v) is 5.29. The molecule has 0 aliphatic carbocycles. The molecule has 0 unspecified atom stereocenters. The number of H-pyrrole nitrogens is 1. The van der Waals surface area contributed by atoms with Crippen molar-refractivity contribution in [3.05, 3.63) is 54.7 Å². The van der Waals surface area contributed by atoms with Crippen molar-refractivity contribution in [1.82, 2.24) is 10.2 Å². The van der Waals surface area contributed by atoms with Crippen LogP contribution in [0.3, 0.4) is 0 Å². The van der Waals surface area contributed by atoms with E-state index < -0.39 is 0 Å². The zero-order valence-electron chi connectivity index (χ0n) is 10.0. The molecule has 0 radical (unpaired) electrons. The van der Waals surface area contributed by atoms with E-state index in [0.717, 1.165) is 32.2 Å². The summed E-state index contributed by atoms with van der Waals surface area (Å²) < 4.78 is 0. The highest BCUT2D eigenvalue weighted by molar-refractivity contribution is 7.80. The standard InChI is InChI=1S/C15H12N2S2/c18-12-5-1-10(2-6-12)14-9-16-17-15(14)11-3-7-13(19)8-4-11/h1-9,18-19H,(H,16,17). The molecular formula is C15H12N2S2. The van der Waals surface area contributed by atoms with Crippen LogP contribution in [0.2, 0.25) is 0 Å². The minimum atomic E-state index is 0.948. The summed E-state index contributed by atoms with van der Waals surface area (Å²) in [5, 5.41) is 7.22. The van der Waals surface area contributed by atoms with Gasteiger partial charge in [-0.3, -0.25) is 5.10 Å². The first-order valence-electron chi connectivity index (χ1n) is 5.86. The first-order chi connectivity index (χ1) is 9.24. The smallest absolute Gasteiger partial charge is 0.0728 e. The Hall–Kier alpha value is -1.65. The highest BCUT2D eigenvalue weighted by atomic mass is 32.1. The van der Waals surface area contributed by atoms with Gasteiger partial charge < -0.3 is 0 Å². The fourth-order valence-corrected chi connectivity index (χ4v) is 2.29. The molecule has 0 saturated heterocycles. The third-order valence-corrected chi connectivity index (χ3v) is 3.57. The molecule has 0 aliphatic heterocycles. The lowest BCUT2D eigenvalue weighted by Gasteiger charge is -2.04. The van der Waals surface area contributed by atoms with Gasteiger partial charge in [0.25, 0.3) is 0 Å². The van der Waals surface area contributed by atoms with Crippen LogP contribution >= 0.6 is 25.3 Å². The molecule has 0 spiro atoms. The van der Waals surface area contributed by atoms with Gasteiger partial charge >= 0.3 is 0 Å². The van der Waals surface area contributed by atoms with Crippen LogP contribution in [-0.4, -0.2) is 10.2 Å². The summed E-state index contributed by atoms with van der Waals surface area (Å²) in [5.41, 5.74) is 4.32. The van der Waals surface area contributed by atoms with Crippen molar-refractivity contribution in [2.75, 3.05) is 0 Å². The average Bonchev–Trinajstić information content (AvgIpc) is 2.90. The summed E-state index contributed by atoms with van der Waals surface area (Å²) in [7, 11) is 0. The zero-order chi connectivity index (χ0) is 13.2. The SMILES string of the molecule is Sc1ccc(-c2cn[nH]c2-c2ccc(S)cc2)cc1. The maximum atomic E-state index is 4.30. The molecule has 3 aromatic rings. The van der Waals surface area contributed by atoms with Crippen LogP contribution in [0.4, 0.5) is 0 Å². The van der Waals surface area contributed by atoms with E-state index in [1.165, 1.54) is 0 Å². The fraction of sp³-hybridized carbons (Fsp3) is 0. The van der Waals surface area contributed by atoms with E-state index in [1.807, 2.05) is 54.7 Å². The maximum absolute atomic E-state index is 4.30. The van der Waals surface area contributed by atoms with Crippen molar-refractivity contribution in [3.8, 4) is 22.4 Å². The molecule has 1 heterocycles. The van der Waals surface area contributed by atoms with E-state index in [1.54, 1.807) is 0 Å². The highest BCUT2D eigenvalue weighted by Crippen LogP contribution is 2.30. The molecule has 1 N–H and O–H groups in total. The lowest BCUT2D eigenvalue weighted by molar-refractivity contribution is 1.09. The number of thiol groups is 2. The Kier molecular flexibility index (Phi) is 3.36. The van der Waals surface area contributed by atoms with E-state index in [-0.39, 0.29) is 0 Å². The lowest BCUT2D eigenvalue weighted by atomic mass is 10.0. The molecule has 19 heavy (non-hydrogen) atoms. The van der Waals surface area contributed by atoms with Gasteiger partial charge in [-0.2, -0.15) is 5.10 Å². The number of hydrogen-bond donors (Lipinski definition) is 3. The van der Waals surface area contributed by atoms with Gasteiger partial charge in [-0.1, -0.05) is 24.3 Å². The Morgan fingerprint density at radius 2 is 1.26 bits per heavy atom. The van der Waals surface area contributed by atoms with Crippen molar-refractivity contribution in [2.45, 2.75) is 9.79 Å². The second kappa shape index (κ2) is 5.15. The number of hydrogen-bond acceptors (Lipinski definition) is 3. The molecule has 4 heteroatoms. The van der Waals surface area contributed by atoms with Crippen molar-refractivity contribution < 1.29 is 0 Å². The Balaban J connectivity index is 2.07. The van der Waals surface area contributed by atoms with Crippen LogP contribution in [0.1, 0.15) is 0 Å². The quantitative estimate of drug-likeness (QED) is 0.601. The summed E-state index contributed by atoms with van der Waals surface area (Å²) >= 11 is 8.61. The molecule has 3 rings (SSSR count). The Morgan fingerprint density at radius 3 is 1.84 bits per heavy atom. The number of benzene rings is 2. The molecule has 0 amide bonds. The number of aromatic nitrogens is 2. The molecular weight excluding hydrogens is 272 g/mol. The van der Waals surface area contributed by atoms with Crippen molar-refractivity contribution in [2.24, 2.45) is 0 Å². The van der Waals surface area contributed by atoms with Crippen molar-refractivity contribution in [3.63, 3.8) is 0 Å². The molecule has 0 fully saturated rings. The van der Waals surface area contributed by atoms with Crippen molar-refractivity contribution in [1.29, 1.82) is 0 Å². The van der Waals surface area contributed by atoms with Gasteiger partial charge in [-0.15, -0.1) is 25.3 Å². The lowest BCUT2D eigenvalue weighted by Crippen LogP contribution is -1.82. The van der Waals surface area contributed by atoms with Crippen molar-refractivity contribution >= 4 is 25.3 Å². The van der Waals surface area contributed by atoms with Gasteiger partial charge in [0, 0.05) is 20.9 Å². The summed E-state index contributed by atoms with van der Waals surface area (Å²) in [6, 6.07) is 16.1. The van der Waals surface area contributed by atoms with Crippen LogP contribution in [0.15, 0.2) is 64.5 Å². The number of rotatable bonds is 2. The number of nitrogens with one attached hydrogen (secondary N) is 1. The predicted octanol–water partition coefficient (Wildman–Crippen LogP) is 4.32. The molecule has 0 aliphatic rings. The van der Waals surface area contributed by atoms with Gasteiger partial charge in [0.2, 0.25) is 0 Å². The third kappa shape index (κ3) is 2.55. The molecule has 2 nitrogen and oxygen atoms in total. The van der Waals surface area contributed by atoms with Gasteiger partial charge in [-0.25, -0.2) is 0 Å². The molecule has 94 valence electrons. The van der Waals surface area contributed by atoms with E-state index >= 15 is 0 Å². The van der Waals surface area contributed by atoms with Crippen LogP contribution in [0, 0.1) is 0 Å². The average molecular weight is 284 g/mol. The number of aromatic amines is 1. The summed E-state index contributed by atoms with van der Waals surface area (Å²) in [6.07, 6.45) is 1.84. The van der Waals surface area contributed by atoms with Gasteiger partial charge in [0.05, 0.1) is 11.9 Å². The Labute approximate surface area is 122 Å². The molecule has 0 bridgehead atoms.